The summed E-state index contributed by atoms with van der Waals surface area (Å²) >= 11 is 0. The van der Waals surface area contributed by atoms with Crippen LogP contribution in [-0.4, -0.2) is 42.4 Å². The van der Waals surface area contributed by atoms with Crippen LogP contribution in [0.25, 0.3) is 0 Å². The smallest absolute Gasteiger partial charge is 0.132 e. The highest BCUT2D eigenvalue weighted by Gasteiger charge is 2.32. The summed E-state index contributed by atoms with van der Waals surface area (Å²) < 4.78 is 11.1. The van der Waals surface area contributed by atoms with Gasteiger partial charge < -0.3 is 14.8 Å². The summed E-state index contributed by atoms with van der Waals surface area (Å²) in [5, 5.41) is 3.42. The van der Waals surface area contributed by atoms with Gasteiger partial charge >= 0.3 is 0 Å². The molecule has 1 aliphatic rings. The summed E-state index contributed by atoms with van der Waals surface area (Å²) in [6.07, 6.45) is 1.83. The Morgan fingerprint density at radius 1 is 1.21 bits per heavy atom. The second-order valence-electron chi connectivity index (χ2n) is 5.18. The fraction of sp³-hybridized carbons (Fsp3) is 0.714. The van der Waals surface area contributed by atoms with Crippen LogP contribution in [0.2, 0.25) is 0 Å². The second-order valence-corrected chi connectivity index (χ2v) is 5.18. The molecule has 19 heavy (non-hydrogen) atoms. The normalized spacial score (nSPS) is 18.3. The lowest BCUT2D eigenvalue weighted by Crippen LogP contribution is -2.44. The zero-order chi connectivity index (χ0) is 13.9. The largest absolute Gasteiger partial charge is 0.381 e. The van der Waals surface area contributed by atoms with Crippen molar-refractivity contribution in [2.75, 3.05) is 32.2 Å². The second kappa shape index (κ2) is 5.84. The molecule has 1 aliphatic heterocycles. The van der Waals surface area contributed by atoms with Crippen molar-refractivity contribution in [3.63, 3.8) is 0 Å². The number of ether oxygens (including phenoxy) is 2. The van der Waals surface area contributed by atoms with Gasteiger partial charge in [0.15, 0.2) is 0 Å². The first-order chi connectivity index (χ1) is 9.06. The van der Waals surface area contributed by atoms with Crippen LogP contribution in [0, 0.1) is 20.8 Å². The van der Waals surface area contributed by atoms with Crippen molar-refractivity contribution in [1.82, 2.24) is 9.97 Å². The predicted octanol–water partition coefficient (Wildman–Crippen LogP) is 2.01. The van der Waals surface area contributed by atoms with Gasteiger partial charge in [-0.1, -0.05) is 0 Å². The fourth-order valence-electron chi connectivity index (χ4n) is 2.38. The highest BCUT2D eigenvalue weighted by molar-refractivity contribution is 5.45. The Labute approximate surface area is 114 Å². The van der Waals surface area contributed by atoms with Gasteiger partial charge in [-0.2, -0.15) is 0 Å². The number of rotatable bonds is 4. The van der Waals surface area contributed by atoms with E-state index in [9.17, 15) is 0 Å². The van der Waals surface area contributed by atoms with Crippen molar-refractivity contribution in [3.8, 4) is 0 Å². The summed E-state index contributed by atoms with van der Waals surface area (Å²) in [4.78, 5) is 8.84. The number of hydrogen-bond acceptors (Lipinski definition) is 5. The molecular weight excluding hydrogens is 242 g/mol. The van der Waals surface area contributed by atoms with Crippen LogP contribution in [0.15, 0.2) is 0 Å². The van der Waals surface area contributed by atoms with Crippen molar-refractivity contribution in [1.29, 1.82) is 0 Å². The number of aromatic nitrogens is 2. The molecule has 2 rings (SSSR count). The van der Waals surface area contributed by atoms with Gasteiger partial charge in [0.2, 0.25) is 0 Å². The standard InChI is InChI=1S/C14H23N3O2/c1-10-11(2)16-12(3)17-13(10)15-9-14(18-4)5-7-19-8-6-14/h5-9H2,1-4H3,(H,15,16,17). The molecular formula is C14H23N3O2. The van der Waals surface area contributed by atoms with E-state index < -0.39 is 0 Å². The Kier molecular flexibility index (Phi) is 4.37. The van der Waals surface area contributed by atoms with Crippen LogP contribution in [0.5, 0.6) is 0 Å². The summed E-state index contributed by atoms with van der Waals surface area (Å²) in [5.74, 6) is 1.71. The maximum absolute atomic E-state index is 5.71. The van der Waals surface area contributed by atoms with Crippen molar-refractivity contribution in [2.45, 2.75) is 39.2 Å². The SMILES string of the molecule is COC1(CNc2nc(C)nc(C)c2C)CCOCC1. The van der Waals surface area contributed by atoms with Gasteiger partial charge in [-0.3, -0.25) is 0 Å². The van der Waals surface area contributed by atoms with Gasteiger partial charge in [0, 0.05) is 51.0 Å². The van der Waals surface area contributed by atoms with E-state index in [0.29, 0.717) is 0 Å². The first-order valence-corrected chi connectivity index (χ1v) is 6.75. The number of nitrogens with one attached hydrogen (secondary N) is 1. The molecule has 0 atom stereocenters. The minimum atomic E-state index is -0.141. The topological polar surface area (TPSA) is 56.3 Å². The van der Waals surface area contributed by atoms with Gasteiger partial charge in [0.1, 0.15) is 11.6 Å². The number of nitrogens with zero attached hydrogens (tertiary/aromatic N) is 2. The molecule has 106 valence electrons. The number of anilines is 1. The lowest BCUT2D eigenvalue weighted by atomic mass is 9.94. The van der Waals surface area contributed by atoms with Crippen LogP contribution in [0.3, 0.4) is 0 Å². The highest BCUT2D eigenvalue weighted by Crippen LogP contribution is 2.25. The van der Waals surface area contributed by atoms with Gasteiger partial charge in [-0.25, -0.2) is 9.97 Å². The van der Waals surface area contributed by atoms with Crippen molar-refractivity contribution in [2.24, 2.45) is 0 Å². The first-order valence-electron chi connectivity index (χ1n) is 6.75. The summed E-state index contributed by atoms with van der Waals surface area (Å²) in [6.45, 7) is 8.24. The van der Waals surface area contributed by atoms with Gasteiger partial charge in [0.25, 0.3) is 0 Å². The molecule has 0 bridgehead atoms. The number of aryl methyl sites for hydroxylation is 2. The molecule has 0 saturated carbocycles. The molecule has 0 amide bonds. The van der Waals surface area contributed by atoms with E-state index >= 15 is 0 Å². The lowest BCUT2D eigenvalue weighted by molar-refractivity contribution is -0.0807. The molecule has 5 heteroatoms. The number of hydrogen-bond donors (Lipinski definition) is 1. The summed E-state index contributed by atoms with van der Waals surface area (Å²) in [5.41, 5.74) is 1.98. The summed E-state index contributed by atoms with van der Waals surface area (Å²) in [6, 6.07) is 0. The molecule has 5 nitrogen and oxygen atoms in total. The quantitative estimate of drug-likeness (QED) is 0.902. The fourth-order valence-corrected chi connectivity index (χ4v) is 2.38. The van der Waals surface area contributed by atoms with E-state index in [-0.39, 0.29) is 5.60 Å². The number of methoxy groups -OCH3 is 1. The third kappa shape index (κ3) is 3.22. The Bertz CT molecular complexity index is 443. The molecule has 0 aromatic carbocycles. The molecule has 0 spiro atoms. The summed E-state index contributed by atoms with van der Waals surface area (Å²) in [7, 11) is 1.77. The zero-order valence-electron chi connectivity index (χ0n) is 12.2. The Balaban J connectivity index is 2.09. The average Bonchev–Trinajstić information content (AvgIpc) is 2.42. The van der Waals surface area contributed by atoms with Crippen LogP contribution in [0.1, 0.15) is 29.9 Å². The Morgan fingerprint density at radius 3 is 2.53 bits per heavy atom. The van der Waals surface area contributed by atoms with Crippen molar-refractivity contribution >= 4 is 5.82 Å². The van der Waals surface area contributed by atoms with Crippen molar-refractivity contribution in [3.05, 3.63) is 17.1 Å². The van der Waals surface area contributed by atoms with Gasteiger partial charge in [-0.05, 0) is 20.8 Å². The predicted molar refractivity (Wildman–Crippen MR) is 74.5 cm³/mol. The van der Waals surface area contributed by atoms with Crippen LogP contribution < -0.4 is 5.32 Å². The average molecular weight is 265 g/mol. The van der Waals surface area contributed by atoms with Gasteiger partial charge in [0.05, 0.1) is 5.60 Å². The maximum Gasteiger partial charge on any atom is 0.132 e. The van der Waals surface area contributed by atoms with Gasteiger partial charge in [-0.15, -0.1) is 0 Å². The first kappa shape index (κ1) is 14.2. The van der Waals surface area contributed by atoms with E-state index in [0.717, 1.165) is 55.5 Å². The van der Waals surface area contributed by atoms with Crippen LogP contribution in [0.4, 0.5) is 5.82 Å². The molecule has 2 heterocycles. The van der Waals surface area contributed by atoms with E-state index in [1.165, 1.54) is 0 Å². The minimum absolute atomic E-state index is 0.141. The van der Waals surface area contributed by atoms with E-state index in [1.54, 1.807) is 7.11 Å². The molecule has 1 fully saturated rings. The molecule has 0 aliphatic carbocycles. The molecule has 1 N–H and O–H groups in total. The molecule has 0 radical (unpaired) electrons. The Hall–Kier alpha value is -1.20. The maximum atomic E-state index is 5.71. The van der Waals surface area contributed by atoms with E-state index in [4.69, 9.17) is 9.47 Å². The zero-order valence-corrected chi connectivity index (χ0v) is 12.2. The Morgan fingerprint density at radius 2 is 1.89 bits per heavy atom. The highest BCUT2D eigenvalue weighted by atomic mass is 16.5. The third-order valence-electron chi connectivity index (χ3n) is 3.92. The van der Waals surface area contributed by atoms with Crippen molar-refractivity contribution < 1.29 is 9.47 Å². The monoisotopic (exact) mass is 265 g/mol. The van der Waals surface area contributed by atoms with Crippen LogP contribution in [-0.2, 0) is 9.47 Å². The molecule has 1 aromatic heterocycles. The minimum Gasteiger partial charge on any atom is -0.381 e. The molecule has 1 aromatic rings. The van der Waals surface area contributed by atoms with E-state index in [2.05, 4.69) is 15.3 Å². The third-order valence-corrected chi connectivity index (χ3v) is 3.92. The molecule has 0 unspecified atom stereocenters. The van der Waals surface area contributed by atoms with E-state index in [1.807, 2.05) is 20.8 Å². The molecule has 1 saturated heterocycles. The van der Waals surface area contributed by atoms with Crippen LogP contribution >= 0.6 is 0 Å². The lowest BCUT2D eigenvalue weighted by Gasteiger charge is -2.36.